The van der Waals surface area contributed by atoms with Crippen molar-refractivity contribution in [2.24, 2.45) is 5.41 Å². The van der Waals surface area contributed by atoms with Crippen molar-refractivity contribution in [1.82, 2.24) is 9.78 Å². The molecular formula is C13H23N3O2. The van der Waals surface area contributed by atoms with E-state index in [1.165, 1.54) is 0 Å². The zero-order valence-corrected chi connectivity index (χ0v) is 11.9. The van der Waals surface area contributed by atoms with E-state index in [0.29, 0.717) is 12.3 Å². The van der Waals surface area contributed by atoms with Crippen LogP contribution in [0.1, 0.15) is 38.6 Å². The maximum atomic E-state index is 11.6. The van der Waals surface area contributed by atoms with Crippen LogP contribution in [0.4, 0.5) is 5.69 Å². The highest BCUT2D eigenvalue weighted by Crippen LogP contribution is 2.18. The molecule has 0 aliphatic rings. The quantitative estimate of drug-likeness (QED) is 0.834. The molecule has 0 radical (unpaired) electrons. The van der Waals surface area contributed by atoms with Gasteiger partial charge < -0.3 is 10.5 Å². The van der Waals surface area contributed by atoms with Crippen molar-refractivity contribution in [2.45, 2.75) is 47.6 Å². The zero-order valence-electron chi connectivity index (χ0n) is 11.9. The standard InChI is InChI=1S/C13H23N3O2/c1-9-12(14)10(2)16(15-9)8-11(17)18-7-6-13(3,4)5/h6-8,14H2,1-5H3. The van der Waals surface area contributed by atoms with Crippen LogP contribution in [0, 0.1) is 19.3 Å². The minimum atomic E-state index is -0.273. The maximum absolute atomic E-state index is 11.6. The lowest BCUT2D eigenvalue weighted by Crippen LogP contribution is -2.18. The van der Waals surface area contributed by atoms with Crippen LogP contribution in [0.3, 0.4) is 0 Å². The molecule has 0 saturated heterocycles. The van der Waals surface area contributed by atoms with Crippen LogP contribution in [-0.2, 0) is 16.1 Å². The summed E-state index contributed by atoms with van der Waals surface area (Å²) in [5, 5.41) is 4.20. The van der Waals surface area contributed by atoms with Gasteiger partial charge in [-0.3, -0.25) is 9.48 Å². The number of rotatable bonds is 4. The fraction of sp³-hybridized carbons (Fsp3) is 0.692. The summed E-state index contributed by atoms with van der Waals surface area (Å²) >= 11 is 0. The van der Waals surface area contributed by atoms with E-state index in [9.17, 15) is 4.79 Å². The second kappa shape index (κ2) is 5.42. The summed E-state index contributed by atoms with van der Waals surface area (Å²) < 4.78 is 6.77. The molecule has 2 N–H and O–H groups in total. The molecule has 0 saturated carbocycles. The number of carbonyl (C=O) groups excluding carboxylic acids is 1. The Morgan fingerprint density at radius 1 is 1.39 bits per heavy atom. The lowest BCUT2D eigenvalue weighted by molar-refractivity contribution is -0.145. The summed E-state index contributed by atoms with van der Waals surface area (Å²) in [6, 6.07) is 0. The number of ether oxygens (including phenoxy) is 1. The van der Waals surface area contributed by atoms with Crippen LogP contribution < -0.4 is 5.73 Å². The van der Waals surface area contributed by atoms with Gasteiger partial charge in [0.05, 0.1) is 23.7 Å². The Morgan fingerprint density at radius 3 is 2.44 bits per heavy atom. The predicted molar refractivity (Wildman–Crippen MR) is 71.1 cm³/mol. The Kier molecular flexibility index (Phi) is 4.38. The minimum absolute atomic E-state index is 0.119. The topological polar surface area (TPSA) is 70.1 Å². The summed E-state index contributed by atoms with van der Waals surface area (Å²) in [6.45, 7) is 10.6. The molecule has 0 bridgehead atoms. The third kappa shape index (κ3) is 4.05. The summed E-state index contributed by atoms with van der Waals surface area (Å²) in [5.74, 6) is -0.273. The largest absolute Gasteiger partial charge is 0.464 e. The lowest BCUT2D eigenvalue weighted by Gasteiger charge is -2.17. The summed E-state index contributed by atoms with van der Waals surface area (Å²) in [7, 11) is 0. The van der Waals surface area contributed by atoms with Crippen LogP contribution in [0.2, 0.25) is 0 Å². The van der Waals surface area contributed by atoms with Gasteiger partial charge in [-0.15, -0.1) is 0 Å². The molecule has 5 heteroatoms. The molecule has 0 fully saturated rings. The van der Waals surface area contributed by atoms with Crippen molar-refractivity contribution >= 4 is 11.7 Å². The maximum Gasteiger partial charge on any atom is 0.327 e. The number of esters is 1. The molecule has 18 heavy (non-hydrogen) atoms. The Morgan fingerprint density at radius 2 is 2.00 bits per heavy atom. The van der Waals surface area contributed by atoms with Crippen LogP contribution >= 0.6 is 0 Å². The van der Waals surface area contributed by atoms with Gasteiger partial charge in [0.2, 0.25) is 0 Å². The molecule has 102 valence electrons. The van der Waals surface area contributed by atoms with E-state index in [1.54, 1.807) is 4.68 Å². The monoisotopic (exact) mass is 253 g/mol. The van der Waals surface area contributed by atoms with Crippen molar-refractivity contribution in [3.63, 3.8) is 0 Å². The van der Waals surface area contributed by atoms with E-state index in [0.717, 1.165) is 17.8 Å². The fourth-order valence-corrected chi connectivity index (χ4v) is 1.50. The van der Waals surface area contributed by atoms with Gasteiger partial charge in [0.25, 0.3) is 0 Å². The van der Waals surface area contributed by atoms with Crippen LogP contribution in [-0.4, -0.2) is 22.4 Å². The highest BCUT2D eigenvalue weighted by molar-refractivity contribution is 5.69. The van der Waals surface area contributed by atoms with E-state index in [2.05, 4.69) is 25.9 Å². The lowest BCUT2D eigenvalue weighted by atomic mass is 9.93. The summed E-state index contributed by atoms with van der Waals surface area (Å²) in [5.41, 5.74) is 8.16. The number of aromatic nitrogens is 2. The van der Waals surface area contributed by atoms with Gasteiger partial charge >= 0.3 is 5.97 Å². The van der Waals surface area contributed by atoms with Crippen molar-refractivity contribution in [3.8, 4) is 0 Å². The van der Waals surface area contributed by atoms with Gasteiger partial charge in [-0.05, 0) is 25.7 Å². The van der Waals surface area contributed by atoms with Crippen LogP contribution in [0.25, 0.3) is 0 Å². The van der Waals surface area contributed by atoms with Gasteiger partial charge in [0.15, 0.2) is 0 Å². The fourth-order valence-electron chi connectivity index (χ4n) is 1.50. The molecule has 0 amide bonds. The smallest absolute Gasteiger partial charge is 0.327 e. The van der Waals surface area contributed by atoms with Gasteiger partial charge in [0.1, 0.15) is 6.54 Å². The summed E-state index contributed by atoms with van der Waals surface area (Å²) in [6.07, 6.45) is 0.845. The van der Waals surface area contributed by atoms with E-state index in [1.807, 2.05) is 13.8 Å². The molecule has 0 spiro atoms. The first-order chi connectivity index (χ1) is 8.20. The van der Waals surface area contributed by atoms with E-state index in [-0.39, 0.29) is 17.9 Å². The number of carbonyl (C=O) groups is 1. The molecule has 1 aromatic heterocycles. The average molecular weight is 253 g/mol. The molecule has 0 atom stereocenters. The van der Waals surface area contributed by atoms with Gasteiger partial charge in [-0.2, -0.15) is 5.10 Å². The highest BCUT2D eigenvalue weighted by Gasteiger charge is 2.14. The Balaban J connectivity index is 2.48. The number of nitrogen functional groups attached to an aromatic ring is 1. The average Bonchev–Trinajstić information content (AvgIpc) is 2.44. The molecule has 0 aliphatic carbocycles. The first kappa shape index (κ1) is 14.5. The molecule has 1 rings (SSSR count). The van der Waals surface area contributed by atoms with Crippen molar-refractivity contribution in [3.05, 3.63) is 11.4 Å². The number of anilines is 1. The van der Waals surface area contributed by atoms with Crippen molar-refractivity contribution in [2.75, 3.05) is 12.3 Å². The zero-order chi connectivity index (χ0) is 13.9. The molecule has 0 aromatic carbocycles. The van der Waals surface area contributed by atoms with E-state index >= 15 is 0 Å². The first-order valence-corrected chi connectivity index (χ1v) is 6.16. The summed E-state index contributed by atoms with van der Waals surface area (Å²) in [4.78, 5) is 11.6. The molecular weight excluding hydrogens is 230 g/mol. The van der Waals surface area contributed by atoms with Gasteiger partial charge in [0, 0.05) is 0 Å². The van der Waals surface area contributed by atoms with Gasteiger partial charge in [-0.1, -0.05) is 20.8 Å². The normalized spacial score (nSPS) is 11.6. The van der Waals surface area contributed by atoms with Crippen molar-refractivity contribution < 1.29 is 9.53 Å². The number of hydrogen-bond acceptors (Lipinski definition) is 4. The molecule has 0 unspecified atom stereocenters. The second-order valence-corrected chi connectivity index (χ2v) is 5.77. The molecule has 1 aromatic rings. The molecule has 5 nitrogen and oxygen atoms in total. The highest BCUT2D eigenvalue weighted by atomic mass is 16.5. The second-order valence-electron chi connectivity index (χ2n) is 5.77. The third-order valence-electron chi connectivity index (χ3n) is 2.83. The van der Waals surface area contributed by atoms with Crippen LogP contribution in [0.5, 0.6) is 0 Å². The van der Waals surface area contributed by atoms with Crippen molar-refractivity contribution in [1.29, 1.82) is 0 Å². The third-order valence-corrected chi connectivity index (χ3v) is 2.83. The Labute approximate surface area is 108 Å². The molecule has 1 heterocycles. The first-order valence-electron chi connectivity index (χ1n) is 6.16. The Hall–Kier alpha value is -1.52. The number of hydrogen-bond donors (Lipinski definition) is 1. The minimum Gasteiger partial charge on any atom is -0.464 e. The predicted octanol–water partition coefficient (Wildman–Crippen LogP) is 2.06. The van der Waals surface area contributed by atoms with E-state index in [4.69, 9.17) is 10.5 Å². The number of nitrogens with two attached hydrogens (primary N) is 1. The van der Waals surface area contributed by atoms with Gasteiger partial charge in [-0.25, -0.2) is 0 Å². The number of nitrogens with zero attached hydrogens (tertiary/aromatic N) is 2. The number of aryl methyl sites for hydroxylation is 1. The SMILES string of the molecule is Cc1nn(CC(=O)OCCC(C)(C)C)c(C)c1N. The van der Waals surface area contributed by atoms with Crippen LogP contribution in [0.15, 0.2) is 0 Å². The van der Waals surface area contributed by atoms with E-state index < -0.39 is 0 Å². The Bertz CT molecular complexity index is 430. The molecule has 0 aliphatic heterocycles.